The van der Waals surface area contributed by atoms with Crippen LogP contribution >= 0.6 is 0 Å². The minimum Gasteiger partial charge on any atom is -0.483 e. The van der Waals surface area contributed by atoms with Crippen molar-refractivity contribution in [3.05, 3.63) is 51.8 Å². The first-order chi connectivity index (χ1) is 14.8. The van der Waals surface area contributed by atoms with Gasteiger partial charge in [-0.25, -0.2) is 0 Å². The van der Waals surface area contributed by atoms with Crippen molar-refractivity contribution in [1.82, 2.24) is 19.9 Å². The van der Waals surface area contributed by atoms with Crippen LogP contribution in [0.3, 0.4) is 0 Å². The summed E-state index contributed by atoms with van der Waals surface area (Å²) in [7, 11) is 0. The standard InChI is InChI=1S/C20H24N4O4.CH2O2/c1-12-6-16(28-22-12)8-20(27)23-10-14-7-15(11-23)18(9-21-13(2)25)24-17(14)4-3-5-19(24)26;2-1-3/h3-6,14-15,18H,7-11H2,1-2H3,(H,21,25);1H,(H,2,3)/t14-,15+,18+;/m1./s1. The number of aromatic nitrogens is 2. The Kier molecular flexibility index (Phi) is 6.88. The Morgan fingerprint density at radius 2 is 2.10 bits per heavy atom. The average Bonchev–Trinajstić information content (AvgIpc) is 3.13. The number of carbonyl (C=O) groups is 3. The van der Waals surface area contributed by atoms with E-state index in [1.165, 1.54) is 6.92 Å². The van der Waals surface area contributed by atoms with Crippen LogP contribution in [0.1, 0.15) is 42.5 Å². The Morgan fingerprint density at radius 1 is 1.35 bits per heavy atom. The fourth-order valence-corrected chi connectivity index (χ4v) is 4.52. The highest BCUT2D eigenvalue weighted by molar-refractivity contribution is 5.78. The number of aryl methyl sites for hydroxylation is 1. The van der Waals surface area contributed by atoms with Crippen LogP contribution < -0.4 is 10.9 Å². The second-order valence-electron chi connectivity index (χ2n) is 7.87. The van der Waals surface area contributed by atoms with Gasteiger partial charge in [-0.05, 0) is 25.3 Å². The van der Waals surface area contributed by atoms with Crippen molar-refractivity contribution in [2.75, 3.05) is 19.6 Å². The number of rotatable bonds is 4. The molecule has 10 heteroatoms. The first-order valence-corrected chi connectivity index (χ1v) is 10.1. The van der Waals surface area contributed by atoms with Gasteiger partial charge >= 0.3 is 0 Å². The number of carboxylic acid groups (broad SMARTS) is 1. The number of carbonyl (C=O) groups excluding carboxylic acids is 2. The summed E-state index contributed by atoms with van der Waals surface area (Å²) in [6, 6.07) is 6.89. The number of amides is 2. The van der Waals surface area contributed by atoms with E-state index in [9.17, 15) is 14.4 Å². The van der Waals surface area contributed by atoms with Gasteiger partial charge in [0.1, 0.15) is 5.76 Å². The molecule has 31 heavy (non-hydrogen) atoms. The van der Waals surface area contributed by atoms with Gasteiger partial charge in [0.25, 0.3) is 12.0 Å². The average molecular weight is 430 g/mol. The first-order valence-electron chi connectivity index (χ1n) is 10.1. The fraction of sp³-hybridized carbons (Fsp3) is 0.476. The summed E-state index contributed by atoms with van der Waals surface area (Å²) in [5.41, 5.74) is 1.63. The zero-order valence-electron chi connectivity index (χ0n) is 17.5. The Hall–Kier alpha value is -3.43. The quantitative estimate of drug-likeness (QED) is 0.682. The second kappa shape index (κ2) is 9.59. The number of pyridine rings is 1. The molecule has 10 nitrogen and oxygen atoms in total. The van der Waals surface area contributed by atoms with E-state index in [2.05, 4.69) is 10.5 Å². The molecule has 2 amide bonds. The summed E-state index contributed by atoms with van der Waals surface area (Å²) >= 11 is 0. The van der Waals surface area contributed by atoms with Gasteiger partial charge in [-0.3, -0.25) is 19.2 Å². The SMILES string of the molecule is CC(=O)NC[C@H]1[C@H]2C[C@H](CN(C(=O)Cc3cc(C)no3)C2)c2cccc(=O)n21.O=CO. The molecule has 4 rings (SSSR count). The van der Waals surface area contributed by atoms with E-state index < -0.39 is 0 Å². The third kappa shape index (κ3) is 5.01. The molecule has 0 spiro atoms. The Morgan fingerprint density at radius 3 is 2.74 bits per heavy atom. The van der Waals surface area contributed by atoms with Crippen LogP contribution in [0.5, 0.6) is 0 Å². The van der Waals surface area contributed by atoms with Gasteiger partial charge in [0.15, 0.2) is 0 Å². The maximum absolute atomic E-state index is 12.9. The second-order valence-corrected chi connectivity index (χ2v) is 7.87. The Bertz CT molecular complexity index is 1010. The highest BCUT2D eigenvalue weighted by Gasteiger charge is 2.41. The molecule has 0 unspecified atom stereocenters. The maximum atomic E-state index is 12.9. The molecule has 2 aliphatic heterocycles. The van der Waals surface area contributed by atoms with E-state index >= 15 is 0 Å². The van der Waals surface area contributed by atoms with Crippen LogP contribution in [0.15, 0.2) is 33.6 Å². The summed E-state index contributed by atoms with van der Waals surface area (Å²) in [5, 5.41) is 13.6. The van der Waals surface area contributed by atoms with E-state index in [0.29, 0.717) is 25.4 Å². The molecular weight excluding hydrogens is 404 g/mol. The smallest absolute Gasteiger partial charge is 0.290 e. The molecule has 2 aromatic heterocycles. The van der Waals surface area contributed by atoms with Crippen molar-refractivity contribution < 1.29 is 24.0 Å². The molecule has 1 fully saturated rings. The van der Waals surface area contributed by atoms with Crippen molar-refractivity contribution in [1.29, 1.82) is 0 Å². The van der Waals surface area contributed by atoms with Gasteiger partial charge in [0.05, 0.1) is 18.2 Å². The lowest BCUT2D eigenvalue weighted by molar-refractivity contribution is -0.134. The number of nitrogens with zero attached hydrogens (tertiary/aromatic N) is 3. The van der Waals surface area contributed by atoms with E-state index in [-0.39, 0.29) is 48.1 Å². The van der Waals surface area contributed by atoms with Crippen molar-refractivity contribution in [2.24, 2.45) is 5.92 Å². The molecule has 0 aromatic carbocycles. The molecular formula is C21H26N4O6. The van der Waals surface area contributed by atoms with Crippen molar-refractivity contribution in [3.8, 4) is 0 Å². The van der Waals surface area contributed by atoms with Gasteiger partial charge in [0.2, 0.25) is 11.8 Å². The monoisotopic (exact) mass is 430 g/mol. The molecule has 0 saturated carbocycles. The lowest BCUT2D eigenvalue weighted by atomic mass is 9.78. The molecule has 1 saturated heterocycles. The highest BCUT2D eigenvalue weighted by atomic mass is 16.5. The van der Waals surface area contributed by atoms with Gasteiger partial charge in [-0.1, -0.05) is 11.2 Å². The van der Waals surface area contributed by atoms with Crippen molar-refractivity contribution >= 4 is 18.3 Å². The largest absolute Gasteiger partial charge is 0.483 e. The maximum Gasteiger partial charge on any atom is 0.290 e. The number of hydrogen-bond donors (Lipinski definition) is 2. The predicted octanol–water partition coefficient (Wildman–Crippen LogP) is 0.711. The summed E-state index contributed by atoms with van der Waals surface area (Å²) in [6.07, 6.45) is 1.08. The van der Waals surface area contributed by atoms with Gasteiger partial charge in [-0.15, -0.1) is 0 Å². The summed E-state index contributed by atoms with van der Waals surface area (Å²) in [5.74, 6) is 0.651. The molecule has 2 N–H and O–H groups in total. The van der Waals surface area contributed by atoms with E-state index in [0.717, 1.165) is 17.8 Å². The number of likely N-dealkylation sites (tertiary alicyclic amines) is 1. The Balaban J connectivity index is 0.000000858. The topological polar surface area (TPSA) is 135 Å². The summed E-state index contributed by atoms with van der Waals surface area (Å²) in [6.45, 7) is 4.57. The predicted molar refractivity (Wildman–Crippen MR) is 109 cm³/mol. The lowest BCUT2D eigenvalue weighted by Crippen LogP contribution is -2.53. The highest BCUT2D eigenvalue weighted by Crippen LogP contribution is 2.40. The normalized spacial score (nSPS) is 21.4. The van der Waals surface area contributed by atoms with Crippen LogP contribution in [-0.4, -0.2) is 57.7 Å². The van der Waals surface area contributed by atoms with Gasteiger partial charge in [0, 0.05) is 50.3 Å². The number of nitrogens with one attached hydrogen (secondary N) is 1. The van der Waals surface area contributed by atoms with Crippen LogP contribution in [0.25, 0.3) is 0 Å². The zero-order chi connectivity index (χ0) is 22.5. The van der Waals surface area contributed by atoms with Gasteiger partial charge < -0.3 is 24.4 Å². The molecule has 166 valence electrons. The minimum absolute atomic E-state index is 0.00384. The third-order valence-corrected chi connectivity index (χ3v) is 5.71. The van der Waals surface area contributed by atoms with Crippen molar-refractivity contribution in [3.63, 3.8) is 0 Å². The molecule has 0 radical (unpaired) electrons. The summed E-state index contributed by atoms with van der Waals surface area (Å²) < 4.78 is 7.00. The minimum atomic E-state index is -0.250. The number of piperidine rings is 1. The van der Waals surface area contributed by atoms with Crippen LogP contribution in [-0.2, 0) is 20.8 Å². The van der Waals surface area contributed by atoms with E-state index in [1.807, 2.05) is 22.5 Å². The molecule has 2 bridgehead atoms. The molecule has 2 aliphatic rings. The van der Waals surface area contributed by atoms with E-state index in [4.69, 9.17) is 14.4 Å². The molecule has 3 atom stereocenters. The fourth-order valence-electron chi connectivity index (χ4n) is 4.52. The summed E-state index contributed by atoms with van der Waals surface area (Å²) in [4.78, 5) is 47.1. The van der Waals surface area contributed by atoms with E-state index in [1.54, 1.807) is 18.2 Å². The lowest BCUT2D eigenvalue weighted by Gasteiger charge is -2.47. The first kappa shape index (κ1) is 22.3. The van der Waals surface area contributed by atoms with Crippen LogP contribution in [0.2, 0.25) is 0 Å². The van der Waals surface area contributed by atoms with Crippen LogP contribution in [0, 0.1) is 12.8 Å². The molecule has 2 aromatic rings. The van der Waals surface area contributed by atoms with Crippen LogP contribution in [0.4, 0.5) is 0 Å². The number of hydrogen-bond acceptors (Lipinski definition) is 6. The molecule has 4 heterocycles. The molecule has 0 aliphatic carbocycles. The zero-order valence-corrected chi connectivity index (χ0v) is 17.5. The van der Waals surface area contributed by atoms with Crippen molar-refractivity contribution in [2.45, 2.75) is 38.6 Å². The van der Waals surface area contributed by atoms with Gasteiger partial charge in [-0.2, -0.15) is 0 Å². The third-order valence-electron chi connectivity index (χ3n) is 5.71. The number of fused-ring (bicyclic) bond motifs is 4. The Labute approximate surface area is 178 Å².